The molecule has 0 aliphatic heterocycles. The Hall–Kier alpha value is -15.8. The van der Waals surface area contributed by atoms with Gasteiger partial charge >= 0.3 is 0 Å². The molecule has 22 aromatic rings. The lowest BCUT2D eigenvalue weighted by Crippen LogP contribution is -2.01. The van der Waals surface area contributed by atoms with Crippen molar-refractivity contribution in [3.8, 4) is 192 Å². The van der Waals surface area contributed by atoms with Crippen molar-refractivity contribution in [2.75, 3.05) is 0 Å². The minimum Gasteiger partial charge on any atom is -0.228 e. The van der Waals surface area contributed by atoms with Crippen LogP contribution >= 0.6 is 22.7 Å². The van der Waals surface area contributed by atoms with E-state index in [-0.39, 0.29) is 0 Å². The fourth-order valence-electron chi connectivity index (χ4n) is 16.4. The first-order valence-electron chi connectivity index (χ1n) is 40.7. The lowest BCUT2D eigenvalue weighted by molar-refractivity contribution is 1.07. The van der Waals surface area contributed by atoms with E-state index in [4.69, 9.17) is 44.9 Å². The molecule has 0 atom stereocenters. The van der Waals surface area contributed by atoms with E-state index in [1.165, 1.54) is 30.3 Å². The maximum absolute atomic E-state index is 5.56. The highest BCUT2D eigenvalue weighted by Gasteiger charge is 2.24. The summed E-state index contributed by atoms with van der Waals surface area (Å²) in [4.78, 5) is 47.8. The second-order valence-electron chi connectivity index (χ2n) is 30.4. The minimum atomic E-state index is 0.559. The van der Waals surface area contributed by atoms with Crippen LogP contribution in [0, 0.1) is 0 Å². The van der Waals surface area contributed by atoms with E-state index in [2.05, 4.69) is 322 Å². The van der Waals surface area contributed by atoms with Gasteiger partial charge < -0.3 is 0 Å². The fraction of sp³-hybridized carbons (Fsp3) is 0. The van der Waals surface area contributed by atoms with Crippen molar-refractivity contribution in [3.63, 3.8) is 0 Å². The van der Waals surface area contributed by atoms with Crippen LogP contribution in [0.1, 0.15) is 0 Å². The summed E-state index contributed by atoms with van der Waals surface area (Å²) in [7, 11) is 0. The Morgan fingerprint density at radius 1 is 0.123 bits per heavy atom. The van der Waals surface area contributed by atoms with Gasteiger partial charge in [0.1, 0.15) is 0 Å². The van der Waals surface area contributed by atoms with Gasteiger partial charge in [0.2, 0.25) is 0 Å². The van der Waals surface area contributed by atoms with Crippen molar-refractivity contribution in [2.45, 2.75) is 0 Å². The van der Waals surface area contributed by atoms with E-state index in [1.54, 1.807) is 11.3 Å². The normalized spacial score (nSPS) is 11.4. The molecule has 0 bridgehead atoms. The molecule has 9 nitrogen and oxygen atoms in total. The third-order valence-corrected chi connectivity index (χ3v) is 24.9. The number of benzene rings is 16. The number of fused-ring (bicyclic) bond motifs is 6. The lowest BCUT2D eigenvalue weighted by atomic mass is 9.91. The molecule has 0 saturated heterocycles. The number of hydrogen-bond acceptors (Lipinski definition) is 11. The number of hydrogen-bond donors (Lipinski definition) is 0. The van der Waals surface area contributed by atoms with Crippen molar-refractivity contribution >= 4 is 63.0 Å². The summed E-state index contributed by atoms with van der Waals surface area (Å²) in [6.45, 7) is 0. The Kier molecular flexibility index (Phi) is 18.8. The van der Waals surface area contributed by atoms with Crippen LogP contribution in [0.5, 0.6) is 0 Å². The van der Waals surface area contributed by atoms with Crippen LogP contribution in [0.15, 0.2) is 419 Å². The summed E-state index contributed by atoms with van der Waals surface area (Å²) < 4.78 is 4.68. The first-order chi connectivity index (χ1) is 60.4. The maximum Gasteiger partial charge on any atom is 0.164 e. The molecule has 0 saturated carbocycles. The molecule has 0 fully saturated rings. The van der Waals surface area contributed by atoms with Crippen LogP contribution < -0.4 is 0 Å². The van der Waals surface area contributed by atoms with E-state index in [0.29, 0.717) is 34.9 Å². The molecule has 122 heavy (non-hydrogen) atoms. The van der Waals surface area contributed by atoms with Crippen LogP contribution in [0.2, 0.25) is 0 Å². The van der Waals surface area contributed by atoms with E-state index < -0.39 is 0 Å². The van der Waals surface area contributed by atoms with E-state index >= 15 is 0 Å². The average Bonchev–Trinajstić information content (AvgIpc) is 1.16. The molecule has 0 spiro atoms. The summed E-state index contributed by atoms with van der Waals surface area (Å²) in [6.07, 6.45) is 0. The van der Waals surface area contributed by atoms with Gasteiger partial charge in [-0.1, -0.05) is 346 Å². The van der Waals surface area contributed by atoms with Gasteiger partial charge in [0.15, 0.2) is 34.9 Å². The quantitative estimate of drug-likeness (QED) is 0.0879. The summed E-state index contributed by atoms with van der Waals surface area (Å²) >= 11 is 3.59. The first kappa shape index (κ1) is 72.7. The molecule has 6 heterocycles. The van der Waals surface area contributed by atoms with Gasteiger partial charge in [-0.15, -0.1) is 22.7 Å². The van der Waals surface area contributed by atoms with Crippen molar-refractivity contribution in [1.82, 2.24) is 44.9 Å². The monoisotopic (exact) mass is 1590 g/mol. The first-order valence-corrected chi connectivity index (χ1v) is 42.3. The van der Waals surface area contributed by atoms with Crippen LogP contribution in [0.25, 0.3) is 232 Å². The maximum atomic E-state index is 5.56. The van der Waals surface area contributed by atoms with Crippen molar-refractivity contribution in [3.05, 3.63) is 419 Å². The predicted molar refractivity (Wildman–Crippen MR) is 505 cm³/mol. The van der Waals surface area contributed by atoms with Crippen LogP contribution in [-0.4, -0.2) is 44.9 Å². The van der Waals surface area contributed by atoms with Crippen molar-refractivity contribution in [2.24, 2.45) is 0 Å². The third kappa shape index (κ3) is 14.3. The van der Waals surface area contributed by atoms with Gasteiger partial charge in [-0.2, -0.15) is 0 Å². The lowest BCUT2D eigenvalue weighted by Gasteiger charge is -2.14. The van der Waals surface area contributed by atoms with Gasteiger partial charge in [0, 0.05) is 107 Å². The Morgan fingerprint density at radius 3 is 0.877 bits per heavy atom. The molecule has 6 aromatic heterocycles. The highest BCUT2D eigenvalue weighted by Crippen LogP contribution is 2.47. The molecule has 11 heteroatoms. The minimum absolute atomic E-state index is 0.559. The smallest absolute Gasteiger partial charge is 0.164 e. The molecule has 0 unspecified atom stereocenters. The Bertz CT molecular complexity index is 7590. The SMILES string of the molecule is c1ccc(-c2cccc(-c3cc(-c4ccc(-c5cc6c(cc5-c5ccc(-c7cc(-c8ccccc8)nc(-c8ccccc8)n7)cc5)sc5cc(-c7cccc(-c8nc(-c9ccccc9)nc(-c9cc%10sc%11ccccc%11c%10cc9-c9cccc(-c%10nc(-c%11ccccc%11)cc(-c%11ccccc%11)n%10)c9)n8)c7)ccc56)cc4)nc(-c4ccccc4)n3)c2)cc1. The zero-order valence-corrected chi connectivity index (χ0v) is 67.3. The molecule has 16 aromatic carbocycles. The number of thiophene rings is 2. The van der Waals surface area contributed by atoms with Gasteiger partial charge in [-0.05, 0) is 128 Å². The van der Waals surface area contributed by atoms with Crippen LogP contribution in [-0.2, 0) is 0 Å². The number of aromatic nitrogens is 9. The molecule has 0 aliphatic rings. The molecule has 22 rings (SSSR count). The van der Waals surface area contributed by atoms with E-state index in [0.717, 1.165) is 167 Å². The largest absolute Gasteiger partial charge is 0.228 e. The second-order valence-corrected chi connectivity index (χ2v) is 32.5. The van der Waals surface area contributed by atoms with E-state index in [1.807, 2.05) is 108 Å². The molecular weight excluding hydrogens is 1520 g/mol. The zero-order chi connectivity index (χ0) is 80.8. The van der Waals surface area contributed by atoms with Gasteiger partial charge in [0.05, 0.1) is 34.2 Å². The Labute approximate surface area is 712 Å². The summed E-state index contributed by atoms with van der Waals surface area (Å²) in [5.41, 5.74) is 27.2. The third-order valence-electron chi connectivity index (χ3n) is 22.6. The van der Waals surface area contributed by atoms with Crippen LogP contribution in [0.3, 0.4) is 0 Å². The van der Waals surface area contributed by atoms with Crippen molar-refractivity contribution in [1.29, 1.82) is 0 Å². The molecule has 570 valence electrons. The number of nitrogens with zero attached hydrogens (tertiary/aromatic N) is 9. The highest BCUT2D eigenvalue weighted by molar-refractivity contribution is 7.26. The molecule has 0 N–H and O–H groups in total. The number of rotatable bonds is 17. The topological polar surface area (TPSA) is 116 Å². The van der Waals surface area contributed by atoms with E-state index in [9.17, 15) is 0 Å². The predicted octanol–water partition coefficient (Wildman–Crippen LogP) is 29.3. The molecule has 0 amide bonds. The second kappa shape index (κ2) is 31.6. The Morgan fingerprint density at radius 2 is 0.393 bits per heavy atom. The molecular formula is C111H69N9S2. The van der Waals surface area contributed by atoms with Crippen LogP contribution in [0.4, 0.5) is 0 Å². The summed E-state index contributed by atoms with van der Waals surface area (Å²) in [6, 6.07) is 147. The molecule has 0 aliphatic carbocycles. The summed E-state index contributed by atoms with van der Waals surface area (Å²) in [5, 5.41) is 4.70. The average molecular weight is 1590 g/mol. The summed E-state index contributed by atoms with van der Waals surface area (Å²) in [5.74, 6) is 3.65. The van der Waals surface area contributed by atoms with Crippen molar-refractivity contribution < 1.29 is 0 Å². The van der Waals surface area contributed by atoms with Gasteiger partial charge in [-0.3, -0.25) is 0 Å². The standard InChI is InChI=1S/C111H69N9S2/c1-8-27-70(28-9-1)81-41-24-44-85(59-81)101-69-100(114-107(117-101)79-37-18-6-19-38-79)77-53-49-71(50-54-77)90-63-94-89-58-57-83(62-103(89)122-104(94)65-92(90)72-51-55-76(56-52-72)99-68-96(73-29-10-2-11-30-73)112-106(113-99)78-35-16-5-17-36-78)82-42-25-45-86(60-82)110-118-108(80-39-20-7-21-40-80)119-111(120-110)95-66-105-93(88-47-22-23-48-102(88)121-105)64-91(95)84-43-26-46-87(61-84)109-115-97(74-31-12-3-13-32-74)67-98(116-109)75-33-14-4-15-34-75/h1-69H. The fourth-order valence-corrected chi connectivity index (χ4v) is 18.7. The highest BCUT2D eigenvalue weighted by atomic mass is 32.1. The Balaban J connectivity index is 0.652. The molecule has 0 radical (unpaired) electrons. The van der Waals surface area contributed by atoms with Gasteiger partial charge in [0.25, 0.3) is 0 Å². The zero-order valence-electron chi connectivity index (χ0n) is 65.7. The van der Waals surface area contributed by atoms with Gasteiger partial charge in [-0.25, -0.2) is 44.9 Å².